The van der Waals surface area contributed by atoms with E-state index >= 15 is 0 Å². The van der Waals surface area contributed by atoms with Crippen LogP contribution in [0.5, 0.6) is 5.75 Å². The second-order valence-electron chi connectivity index (χ2n) is 4.29. The van der Waals surface area contributed by atoms with Gasteiger partial charge in [-0.2, -0.15) is 0 Å². The van der Waals surface area contributed by atoms with E-state index < -0.39 is 0 Å². The third-order valence-electron chi connectivity index (χ3n) is 3.00. The Morgan fingerprint density at radius 2 is 1.64 bits per heavy atom. The van der Waals surface area contributed by atoms with Crippen molar-refractivity contribution in [1.82, 2.24) is 0 Å². The van der Waals surface area contributed by atoms with Crippen LogP contribution in [0.3, 0.4) is 0 Å². The van der Waals surface area contributed by atoms with Crippen LogP contribution >= 0.6 is 0 Å². The molecule has 22 heavy (non-hydrogen) atoms. The second-order valence-corrected chi connectivity index (χ2v) is 4.29. The van der Waals surface area contributed by atoms with Gasteiger partial charge in [-0.05, 0) is 44.2 Å². The summed E-state index contributed by atoms with van der Waals surface area (Å²) in [4.78, 5) is 0. The van der Waals surface area contributed by atoms with E-state index in [0.29, 0.717) is 5.76 Å². The van der Waals surface area contributed by atoms with Crippen molar-refractivity contribution in [2.45, 2.75) is 13.8 Å². The first kappa shape index (κ1) is 17.5. The van der Waals surface area contributed by atoms with Gasteiger partial charge in [-0.1, -0.05) is 17.9 Å². The molecule has 3 nitrogen and oxygen atoms in total. The molecule has 0 saturated heterocycles. The average Bonchev–Trinajstić information content (AvgIpc) is 2.58. The van der Waals surface area contributed by atoms with Crippen LogP contribution in [-0.4, -0.2) is 21.3 Å². The quantitative estimate of drug-likeness (QED) is 0.466. The van der Waals surface area contributed by atoms with Gasteiger partial charge in [-0.25, -0.2) is 0 Å². The molecule has 0 aliphatic heterocycles. The number of ether oxygens (including phenoxy) is 3. The monoisotopic (exact) mass is 298 g/mol. The topological polar surface area (TPSA) is 27.7 Å². The van der Waals surface area contributed by atoms with Crippen molar-refractivity contribution in [1.29, 1.82) is 0 Å². The fraction of sp³-hybridized carbons (Fsp3) is 0.263. The van der Waals surface area contributed by atoms with Gasteiger partial charge in [-0.15, -0.1) is 0 Å². The van der Waals surface area contributed by atoms with Gasteiger partial charge in [0, 0.05) is 11.6 Å². The van der Waals surface area contributed by atoms with Crippen molar-refractivity contribution in [3.63, 3.8) is 0 Å². The van der Waals surface area contributed by atoms with Crippen LogP contribution in [0.4, 0.5) is 0 Å². The highest BCUT2D eigenvalue weighted by Crippen LogP contribution is 2.15. The molecule has 0 radical (unpaired) electrons. The number of rotatable bonds is 5. The van der Waals surface area contributed by atoms with Crippen molar-refractivity contribution < 1.29 is 14.2 Å². The smallest absolute Gasteiger partial charge is 0.137 e. The van der Waals surface area contributed by atoms with Gasteiger partial charge in [-0.3, -0.25) is 0 Å². The Morgan fingerprint density at radius 3 is 2.09 bits per heavy atom. The summed E-state index contributed by atoms with van der Waals surface area (Å²) in [5.41, 5.74) is 1.71. The maximum absolute atomic E-state index is 5.41. The fourth-order valence-electron chi connectivity index (χ4n) is 1.73. The van der Waals surface area contributed by atoms with Crippen LogP contribution in [0.15, 0.2) is 59.6 Å². The van der Waals surface area contributed by atoms with E-state index in [1.54, 1.807) is 21.3 Å². The van der Waals surface area contributed by atoms with Gasteiger partial charge in [0.25, 0.3) is 0 Å². The molecule has 0 spiro atoms. The molecule has 0 heterocycles. The zero-order chi connectivity index (χ0) is 16.4. The van der Waals surface area contributed by atoms with Crippen LogP contribution in [0.2, 0.25) is 0 Å². The Labute approximate surface area is 132 Å². The minimum atomic E-state index is 0.665. The maximum Gasteiger partial charge on any atom is 0.137 e. The molecule has 0 aromatic heterocycles. The zero-order valence-electron chi connectivity index (χ0n) is 13.8. The second kappa shape index (κ2) is 9.36. The Bertz CT molecular complexity index is 623. The van der Waals surface area contributed by atoms with Gasteiger partial charge >= 0.3 is 0 Å². The number of hydrogen-bond acceptors (Lipinski definition) is 3. The fourth-order valence-corrected chi connectivity index (χ4v) is 1.73. The van der Waals surface area contributed by atoms with Crippen LogP contribution < -0.4 is 4.74 Å². The zero-order valence-corrected chi connectivity index (χ0v) is 13.8. The molecule has 0 aliphatic rings. The number of methoxy groups -OCH3 is 3. The number of hydrogen-bond donors (Lipinski definition) is 0. The van der Waals surface area contributed by atoms with E-state index in [4.69, 9.17) is 14.2 Å². The molecule has 3 heteroatoms. The minimum Gasteiger partial charge on any atom is -0.497 e. The molecule has 0 N–H and O–H groups in total. The summed E-state index contributed by atoms with van der Waals surface area (Å²) in [6, 6.07) is 7.61. The maximum atomic E-state index is 5.41. The normalized spacial score (nSPS) is 12.3. The summed E-state index contributed by atoms with van der Waals surface area (Å²) < 4.78 is 15.8. The van der Waals surface area contributed by atoms with E-state index in [0.717, 1.165) is 22.6 Å². The third-order valence-corrected chi connectivity index (χ3v) is 3.00. The number of benzene rings is 1. The summed E-state index contributed by atoms with van der Waals surface area (Å²) in [6.45, 7) is 3.83. The highest BCUT2D eigenvalue weighted by molar-refractivity contribution is 5.49. The van der Waals surface area contributed by atoms with Crippen LogP contribution in [-0.2, 0) is 9.47 Å². The van der Waals surface area contributed by atoms with Crippen molar-refractivity contribution in [2.24, 2.45) is 0 Å². The lowest BCUT2D eigenvalue weighted by molar-refractivity contribution is 0.282. The van der Waals surface area contributed by atoms with Crippen molar-refractivity contribution in [2.75, 3.05) is 21.3 Å². The molecular weight excluding hydrogens is 276 g/mol. The molecule has 1 aromatic rings. The van der Waals surface area contributed by atoms with E-state index in [-0.39, 0.29) is 0 Å². The van der Waals surface area contributed by atoms with Crippen molar-refractivity contribution >= 4 is 0 Å². The first-order chi connectivity index (χ1) is 10.7. The highest BCUT2D eigenvalue weighted by atomic mass is 16.5. The molecule has 1 aromatic carbocycles. The van der Waals surface area contributed by atoms with E-state index in [9.17, 15) is 0 Å². The van der Waals surface area contributed by atoms with Crippen LogP contribution in [0, 0.1) is 11.8 Å². The average molecular weight is 298 g/mol. The van der Waals surface area contributed by atoms with Gasteiger partial charge in [0.2, 0.25) is 0 Å². The van der Waals surface area contributed by atoms with Crippen molar-refractivity contribution in [3.8, 4) is 17.6 Å². The lowest BCUT2D eigenvalue weighted by Gasteiger charge is -2.07. The number of allylic oxidation sites excluding steroid dienone is 4. The first-order valence-electron chi connectivity index (χ1n) is 6.97. The lowest BCUT2D eigenvalue weighted by Crippen LogP contribution is -1.93. The van der Waals surface area contributed by atoms with Gasteiger partial charge in [0.05, 0.1) is 26.9 Å². The van der Waals surface area contributed by atoms with E-state index in [2.05, 4.69) is 11.8 Å². The molecule has 116 valence electrons. The van der Waals surface area contributed by atoms with Gasteiger partial charge < -0.3 is 14.2 Å². The van der Waals surface area contributed by atoms with E-state index in [1.807, 2.05) is 56.3 Å². The Morgan fingerprint density at radius 1 is 0.955 bits per heavy atom. The molecule has 0 saturated carbocycles. The SMILES string of the molecule is CC=C(C#Cc1ccc(OC)cc1)/C(=C\C(=C/C)OC)OC. The molecule has 0 aliphatic carbocycles. The lowest BCUT2D eigenvalue weighted by atomic mass is 10.1. The molecule has 0 bridgehead atoms. The van der Waals surface area contributed by atoms with Gasteiger partial charge in [0.1, 0.15) is 17.3 Å². The summed E-state index contributed by atoms with van der Waals surface area (Å²) in [5.74, 6) is 8.44. The van der Waals surface area contributed by atoms with Crippen LogP contribution in [0.1, 0.15) is 19.4 Å². The molecule has 0 amide bonds. The Balaban J connectivity index is 3.04. The van der Waals surface area contributed by atoms with Gasteiger partial charge in [0.15, 0.2) is 0 Å². The molecule has 1 rings (SSSR count). The van der Waals surface area contributed by atoms with E-state index in [1.165, 1.54) is 0 Å². The summed E-state index contributed by atoms with van der Waals surface area (Å²) in [7, 11) is 4.88. The highest BCUT2D eigenvalue weighted by Gasteiger charge is 2.03. The standard InChI is InChI=1S/C19H22O3/c1-6-16(19(22-5)14-17(7-2)20-3)11-8-15-9-12-18(21-4)13-10-15/h6-7,9-10,12-14H,1-5H3/b16-6?,17-7+,19-14+. The van der Waals surface area contributed by atoms with Crippen LogP contribution in [0.25, 0.3) is 0 Å². The Kier molecular flexibility index (Phi) is 7.42. The molecule has 0 atom stereocenters. The first-order valence-corrected chi connectivity index (χ1v) is 6.97. The summed E-state index contributed by atoms with van der Waals surface area (Å²) in [6.07, 6.45) is 5.59. The largest absolute Gasteiger partial charge is 0.497 e. The minimum absolute atomic E-state index is 0.665. The van der Waals surface area contributed by atoms with Crippen molar-refractivity contribution in [3.05, 3.63) is 65.1 Å². The molecule has 0 fully saturated rings. The predicted molar refractivity (Wildman–Crippen MR) is 89.5 cm³/mol. The summed E-state index contributed by atoms with van der Waals surface area (Å²) >= 11 is 0. The molecular formula is C19H22O3. The predicted octanol–water partition coefficient (Wildman–Crippen LogP) is 4.07. The molecule has 0 unspecified atom stereocenters. The third kappa shape index (κ3) is 5.06. The summed E-state index contributed by atoms with van der Waals surface area (Å²) in [5, 5.41) is 0. The Hall–Kier alpha value is -2.60.